The molecule has 2 rings (SSSR count). The first-order valence-corrected chi connectivity index (χ1v) is 7.35. The summed E-state index contributed by atoms with van der Waals surface area (Å²) in [5.41, 5.74) is 0.517. The van der Waals surface area contributed by atoms with Gasteiger partial charge in [0.05, 0.1) is 11.7 Å². The predicted octanol–water partition coefficient (Wildman–Crippen LogP) is 3.47. The summed E-state index contributed by atoms with van der Waals surface area (Å²) < 4.78 is 40.7. The van der Waals surface area contributed by atoms with Gasteiger partial charge in [-0.15, -0.1) is 0 Å². The highest BCUT2D eigenvalue weighted by Gasteiger charge is 2.39. The van der Waals surface area contributed by atoms with Crippen LogP contribution in [0.4, 0.5) is 13.2 Å². The molecule has 1 aromatic rings. The molecule has 0 saturated heterocycles. The highest BCUT2D eigenvalue weighted by Crippen LogP contribution is 2.29. The Bertz CT molecular complexity index is 408. The molecule has 0 aliphatic heterocycles. The topological polar surface area (TPSA) is 29.9 Å². The molecule has 114 valence electrons. The fourth-order valence-corrected chi connectivity index (χ4v) is 2.69. The smallest absolute Gasteiger partial charge is 0.306 e. The van der Waals surface area contributed by atoms with Crippen molar-refractivity contribution < 1.29 is 13.2 Å². The fourth-order valence-electron chi connectivity index (χ4n) is 2.69. The summed E-state index contributed by atoms with van der Waals surface area (Å²) in [7, 11) is 0. The van der Waals surface area contributed by atoms with Crippen LogP contribution >= 0.6 is 0 Å². The Balaban J connectivity index is 1.99. The summed E-state index contributed by atoms with van der Waals surface area (Å²) >= 11 is 0. The van der Waals surface area contributed by atoms with E-state index in [1.165, 1.54) is 12.8 Å². The third-order valence-corrected chi connectivity index (χ3v) is 3.81. The van der Waals surface area contributed by atoms with Crippen LogP contribution < -0.4 is 5.32 Å². The number of nitrogens with one attached hydrogen (secondary N) is 1. The summed E-state index contributed by atoms with van der Waals surface area (Å²) in [6.45, 7) is 2.22. The van der Waals surface area contributed by atoms with Crippen molar-refractivity contribution in [1.82, 2.24) is 15.1 Å². The van der Waals surface area contributed by atoms with E-state index in [0.29, 0.717) is 24.7 Å². The molecule has 1 atom stereocenters. The van der Waals surface area contributed by atoms with Gasteiger partial charge >= 0.3 is 6.18 Å². The van der Waals surface area contributed by atoms with E-state index < -0.39 is 12.2 Å². The monoisotopic (exact) mass is 289 g/mol. The van der Waals surface area contributed by atoms with Crippen molar-refractivity contribution in [3.8, 4) is 0 Å². The van der Waals surface area contributed by atoms with Crippen LogP contribution in [0.15, 0.2) is 12.3 Å². The third-order valence-electron chi connectivity index (χ3n) is 3.81. The molecule has 3 nitrogen and oxygen atoms in total. The van der Waals surface area contributed by atoms with E-state index in [0.717, 1.165) is 12.8 Å². The zero-order chi connectivity index (χ0) is 14.6. The maximum Gasteiger partial charge on any atom is 0.404 e. The Kier molecular flexibility index (Phi) is 5.07. The van der Waals surface area contributed by atoms with Crippen molar-refractivity contribution in [2.45, 2.75) is 63.7 Å². The average molecular weight is 289 g/mol. The van der Waals surface area contributed by atoms with Crippen LogP contribution in [0.5, 0.6) is 0 Å². The van der Waals surface area contributed by atoms with Crippen LogP contribution in [-0.4, -0.2) is 28.5 Å². The highest BCUT2D eigenvalue weighted by molar-refractivity contribution is 5.04. The van der Waals surface area contributed by atoms with E-state index in [9.17, 15) is 13.2 Å². The van der Waals surface area contributed by atoms with Gasteiger partial charge in [-0.1, -0.05) is 19.8 Å². The zero-order valence-corrected chi connectivity index (χ0v) is 11.8. The highest BCUT2D eigenvalue weighted by atomic mass is 19.4. The van der Waals surface area contributed by atoms with Crippen LogP contribution in [0.3, 0.4) is 0 Å². The summed E-state index contributed by atoms with van der Waals surface area (Å²) in [5.74, 6) is 0. The molecule has 1 aliphatic rings. The van der Waals surface area contributed by atoms with Gasteiger partial charge in [-0.05, 0) is 31.9 Å². The van der Waals surface area contributed by atoms with Crippen molar-refractivity contribution in [2.75, 3.05) is 6.54 Å². The molecule has 6 heteroatoms. The number of nitrogens with zero attached hydrogens (tertiary/aromatic N) is 2. The van der Waals surface area contributed by atoms with Crippen LogP contribution in [0.25, 0.3) is 0 Å². The number of hydrogen-bond acceptors (Lipinski definition) is 2. The van der Waals surface area contributed by atoms with Gasteiger partial charge in [0.25, 0.3) is 0 Å². The van der Waals surface area contributed by atoms with Gasteiger partial charge < -0.3 is 5.32 Å². The van der Waals surface area contributed by atoms with E-state index in [1.54, 1.807) is 6.07 Å². The molecule has 0 spiro atoms. The van der Waals surface area contributed by atoms with Crippen LogP contribution in [0.1, 0.15) is 50.8 Å². The molecule has 0 amide bonds. The van der Waals surface area contributed by atoms with Crippen molar-refractivity contribution in [2.24, 2.45) is 0 Å². The Morgan fingerprint density at radius 2 is 2.10 bits per heavy atom. The molecular formula is C14H22F3N3. The van der Waals surface area contributed by atoms with Crippen LogP contribution in [0, 0.1) is 0 Å². The first-order valence-electron chi connectivity index (χ1n) is 7.35. The van der Waals surface area contributed by atoms with E-state index in [2.05, 4.69) is 10.4 Å². The van der Waals surface area contributed by atoms with Crippen molar-refractivity contribution in [3.05, 3.63) is 18.0 Å². The van der Waals surface area contributed by atoms with Gasteiger partial charge in [-0.25, -0.2) is 0 Å². The van der Waals surface area contributed by atoms with Crippen molar-refractivity contribution in [1.29, 1.82) is 0 Å². The molecular weight excluding hydrogens is 267 g/mol. The lowest BCUT2D eigenvalue weighted by molar-refractivity contribution is -0.155. The first kappa shape index (κ1) is 15.4. The maximum atomic E-state index is 12.9. The lowest BCUT2D eigenvalue weighted by Gasteiger charge is -2.20. The molecule has 1 aromatic heterocycles. The summed E-state index contributed by atoms with van der Waals surface area (Å²) in [5, 5.41) is 6.89. The molecule has 20 heavy (non-hydrogen) atoms. The maximum absolute atomic E-state index is 12.9. The van der Waals surface area contributed by atoms with Crippen LogP contribution in [0.2, 0.25) is 0 Å². The van der Waals surface area contributed by atoms with Crippen molar-refractivity contribution in [3.63, 3.8) is 0 Å². The van der Waals surface area contributed by atoms with Gasteiger partial charge in [0, 0.05) is 12.6 Å². The molecule has 1 N–H and O–H groups in total. The van der Waals surface area contributed by atoms with Gasteiger partial charge in [0.2, 0.25) is 0 Å². The summed E-state index contributed by atoms with van der Waals surface area (Å²) in [6, 6.07) is 0.580. The number of rotatable bonds is 6. The molecule has 1 saturated carbocycles. The van der Waals surface area contributed by atoms with Gasteiger partial charge in [0.15, 0.2) is 0 Å². The Morgan fingerprint density at radius 3 is 2.70 bits per heavy atom. The minimum absolute atomic E-state index is 0.0940. The molecule has 1 heterocycles. The zero-order valence-electron chi connectivity index (χ0n) is 11.8. The van der Waals surface area contributed by atoms with Gasteiger partial charge in [0.1, 0.15) is 6.04 Å². The van der Waals surface area contributed by atoms with E-state index in [-0.39, 0.29) is 6.42 Å². The van der Waals surface area contributed by atoms with Crippen LogP contribution in [-0.2, 0) is 6.42 Å². The van der Waals surface area contributed by atoms with Gasteiger partial charge in [-0.3, -0.25) is 4.68 Å². The van der Waals surface area contributed by atoms with Crippen molar-refractivity contribution >= 4 is 0 Å². The molecule has 0 aromatic carbocycles. The summed E-state index contributed by atoms with van der Waals surface area (Å²) in [6.07, 6.45) is 2.71. The quantitative estimate of drug-likeness (QED) is 0.869. The number of alkyl halides is 3. The molecule has 1 aliphatic carbocycles. The van der Waals surface area contributed by atoms with E-state index in [4.69, 9.17) is 0 Å². The van der Waals surface area contributed by atoms with Gasteiger partial charge in [-0.2, -0.15) is 18.3 Å². The number of aromatic nitrogens is 2. The minimum Gasteiger partial charge on any atom is -0.306 e. The third kappa shape index (κ3) is 3.98. The van der Waals surface area contributed by atoms with E-state index in [1.807, 2.05) is 17.8 Å². The first-order chi connectivity index (χ1) is 9.50. The fraction of sp³-hybridized carbons (Fsp3) is 0.786. The second-order valence-electron chi connectivity index (χ2n) is 5.48. The Labute approximate surface area is 117 Å². The Morgan fingerprint density at radius 1 is 1.40 bits per heavy atom. The average Bonchev–Trinajstić information content (AvgIpc) is 3.03. The predicted molar refractivity (Wildman–Crippen MR) is 71.6 cm³/mol. The standard InChI is InChI=1S/C14H22F3N3/c1-2-8-18-13(14(15,16)17)10-11-7-9-20(19-11)12-5-3-4-6-12/h7,9,12-13,18H,2-6,8,10H2,1H3. The number of halogens is 3. The minimum atomic E-state index is -4.23. The molecule has 0 radical (unpaired) electrons. The lowest BCUT2D eigenvalue weighted by Crippen LogP contribution is -2.44. The molecule has 0 bridgehead atoms. The lowest BCUT2D eigenvalue weighted by atomic mass is 10.1. The Hall–Kier alpha value is -1.04. The molecule has 1 fully saturated rings. The SMILES string of the molecule is CCCNC(Cc1ccn(C2CCCC2)n1)C(F)(F)F. The largest absolute Gasteiger partial charge is 0.404 e. The number of hydrogen-bond donors (Lipinski definition) is 1. The second-order valence-corrected chi connectivity index (χ2v) is 5.48. The second kappa shape index (κ2) is 6.61. The molecule has 1 unspecified atom stereocenters. The summed E-state index contributed by atoms with van der Waals surface area (Å²) in [4.78, 5) is 0. The normalized spacial score (nSPS) is 18.6. The van der Waals surface area contributed by atoms with E-state index >= 15 is 0 Å².